The Morgan fingerprint density at radius 2 is 2.06 bits per heavy atom. The van der Waals surface area contributed by atoms with E-state index in [0.717, 1.165) is 25.8 Å². The molecule has 1 fully saturated rings. The lowest BCUT2D eigenvalue weighted by Crippen LogP contribution is -2.51. The summed E-state index contributed by atoms with van der Waals surface area (Å²) in [5.41, 5.74) is 10.5. The highest BCUT2D eigenvalue weighted by Gasteiger charge is 2.26. The van der Waals surface area contributed by atoms with Gasteiger partial charge < -0.3 is 11.5 Å². The maximum absolute atomic E-state index is 11.4. The average Bonchev–Trinajstić information content (AvgIpc) is 2.16. The highest BCUT2D eigenvalue weighted by Crippen LogP contribution is 2.16. The quantitative estimate of drug-likeness (QED) is 0.571. The van der Waals surface area contributed by atoms with E-state index in [1.165, 1.54) is 0 Å². The molecule has 5 N–H and O–H groups in total. The number of thiocarbonyl (C=S) groups is 1. The van der Waals surface area contributed by atoms with Gasteiger partial charge >= 0.3 is 6.03 Å². The number of nitrogens with two attached hydrogens (primary N) is 2. The van der Waals surface area contributed by atoms with E-state index in [-0.39, 0.29) is 12.6 Å². The second-order valence-corrected chi connectivity index (χ2v) is 4.27. The number of nitrogens with one attached hydrogen (secondary N) is 1. The SMILES string of the molecule is NC(=O)NC(=O)CN1CCCCC1C(N)=S. The van der Waals surface area contributed by atoms with E-state index < -0.39 is 11.9 Å². The van der Waals surface area contributed by atoms with Gasteiger partial charge in [-0.1, -0.05) is 18.6 Å². The molecule has 0 aromatic rings. The van der Waals surface area contributed by atoms with Gasteiger partial charge in [0.25, 0.3) is 0 Å². The third kappa shape index (κ3) is 3.74. The van der Waals surface area contributed by atoms with Crippen molar-refractivity contribution in [2.45, 2.75) is 25.3 Å². The molecule has 1 aliphatic heterocycles. The van der Waals surface area contributed by atoms with Crippen LogP contribution in [0.15, 0.2) is 0 Å². The maximum Gasteiger partial charge on any atom is 0.318 e. The number of imide groups is 1. The molecule has 0 aromatic heterocycles. The van der Waals surface area contributed by atoms with Gasteiger partial charge in [-0.15, -0.1) is 0 Å². The van der Waals surface area contributed by atoms with Gasteiger partial charge in [-0.05, 0) is 19.4 Å². The number of piperidine rings is 1. The number of hydrogen-bond donors (Lipinski definition) is 3. The Morgan fingerprint density at radius 3 is 2.62 bits per heavy atom. The molecule has 0 aliphatic carbocycles. The van der Waals surface area contributed by atoms with Gasteiger partial charge in [0, 0.05) is 0 Å². The number of likely N-dealkylation sites (tertiary alicyclic amines) is 1. The van der Waals surface area contributed by atoms with Crippen LogP contribution in [0.4, 0.5) is 4.79 Å². The lowest BCUT2D eigenvalue weighted by molar-refractivity contribution is -0.121. The smallest absolute Gasteiger partial charge is 0.318 e. The molecule has 0 spiro atoms. The zero-order valence-corrected chi connectivity index (χ0v) is 9.76. The molecule has 1 rings (SSSR count). The summed E-state index contributed by atoms with van der Waals surface area (Å²) < 4.78 is 0. The summed E-state index contributed by atoms with van der Waals surface area (Å²) in [6.07, 6.45) is 2.91. The molecule has 0 radical (unpaired) electrons. The number of amides is 3. The first-order valence-electron chi connectivity index (χ1n) is 5.13. The number of primary amides is 1. The number of hydrogen-bond acceptors (Lipinski definition) is 4. The molecular formula is C9H16N4O2S. The Morgan fingerprint density at radius 1 is 1.38 bits per heavy atom. The molecule has 6 nitrogen and oxygen atoms in total. The van der Waals surface area contributed by atoms with Crippen LogP contribution >= 0.6 is 12.2 Å². The fourth-order valence-corrected chi connectivity index (χ4v) is 2.13. The van der Waals surface area contributed by atoms with E-state index in [4.69, 9.17) is 23.7 Å². The number of urea groups is 1. The largest absolute Gasteiger partial charge is 0.392 e. The van der Waals surface area contributed by atoms with Crippen molar-refractivity contribution in [1.82, 2.24) is 10.2 Å². The van der Waals surface area contributed by atoms with Crippen LogP contribution in [0, 0.1) is 0 Å². The van der Waals surface area contributed by atoms with E-state index in [2.05, 4.69) is 0 Å². The van der Waals surface area contributed by atoms with Crippen molar-refractivity contribution < 1.29 is 9.59 Å². The third-order valence-corrected chi connectivity index (χ3v) is 2.82. The summed E-state index contributed by atoms with van der Waals surface area (Å²) in [6, 6.07) is -0.892. The molecule has 0 saturated carbocycles. The van der Waals surface area contributed by atoms with Crippen molar-refractivity contribution in [2.24, 2.45) is 11.5 Å². The normalized spacial score (nSPS) is 21.4. The minimum atomic E-state index is -0.839. The summed E-state index contributed by atoms with van der Waals surface area (Å²) >= 11 is 4.95. The maximum atomic E-state index is 11.4. The lowest BCUT2D eigenvalue weighted by Gasteiger charge is -2.34. The summed E-state index contributed by atoms with van der Waals surface area (Å²) in [5.74, 6) is -0.421. The molecule has 3 amide bonds. The molecule has 0 bridgehead atoms. The van der Waals surface area contributed by atoms with Crippen LogP contribution in [0.1, 0.15) is 19.3 Å². The second-order valence-electron chi connectivity index (χ2n) is 3.80. The molecular weight excluding hydrogens is 228 g/mol. The minimum absolute atomic E-state index is 0.0534. The predicted octanol–water partition coefficient (Wildman–Crippen LogP) is -0.678. The van der Waals surface area contributed by atoms with Gasteiger partial charge in [0.05, 0.1) is 17.6 Å². The minimum Gasteiger partial charge on any atom is -0.392 e. The highest BCUT2D eigenvalue weighted by molar-refractivity contribution is 7.80. The van der Waals surface area contributed by atoms with Crippen molar-refractivity contribution >= 4 is 29.1 Å². The molecule has 1 atom stereocenters. The van der Waals surface area contributed by atoms with Gasteiger partial charge in [-0.25, -0.2) is 4.79 Å². The van der Waals surface area contributed by atoms with Gasteiger partial charge in [0.1, 0.15) is 0 Å². The highest BCUT2D eigenvalue weighted by atomic mass is 32.1. The van der Waals surface area contributed by atoms with Crippen LogP contribution in [0.25, 0.3) is 0 Å². The van der Waals surface area contributed by atoms with Crippen molar-refractivity contribution in [3.63, 3.8) is 0 Å². The molecule has 1 heterocycles. The first-order chi connectivity index (χ1) is 7.50. The van der Waals surface area contributed by atoms with E-state index in [1.54, 1.807) is 0 Å². The topological polar surface area (TPSA) is 101 Å². The standard InChI is InChI=1S/C9H16N4O2S/c10-8(16)6-3-1-2-4-13(6)5-7(14)12-9(11)15/h6H,1-5H2,(H2,10,16)(H3,11,12,14,15). The molecule has 90 valence electrons. The van der Waals surface area contributed by atoms with Crippen LogP contribution in [0.5, 0.6) is 0 Å². The molecule has 1 saturated heterocycles. The van der Waals surface area contributed by atoms with E-state index in [1.807, 2.05) is 10.2 Å². The zero-order valence-electron chi connectivity index (χ0n) is 8.94. The molecule has 1 aliphatic rings. The summed E-state index contributed by atoms with van der Waals surface area (Å²) in [7, 11) is 0. The monoisotopic (exact) mass is 244 g/mol. The van der Waals surface area contributed by atoms with Gasteiger partial charge in [-0.3, -0.25) is 15.0 Å². The summed E-state index contributed by atoms with van der Waals surface area (Å²) in [6.45, 7) is 0.860. The molecule has 1 unspecified atom stereocenters. The van der Waals surface area contributed by atoms with Crippen LogP contribution in [-0.4, -0.2) is 41.0 Å². The first-order valence-corrected chi connectivity index (χ1v) is 5.54. The van der Waals surface area contributed by atoms with Crippen molar-refractivity contribution in [1.29, 1.82) is 0 Å². The van der Waals surface area contributed by atoms with Crippen molar-refractivity contribution in [2.75, 3.05) is 13.1 Å². The third-order valence-electron chi connectivity index (χ3n) is 2.55. The van der Waals surface area contributed by atoms with Crippen LogP contribution < -0.4 is 16.8 Å². The fourth-order valence-electron chi connectivity index (χ4n) is 1.86. The zero-order chi connectivity index (χ0) is 12.1. The van der Waals surface area contributed by atoms with Gasteiger partial charge in [0.2, 0.25) is 5.91 Å². The average molecular weight is 244 g/mol. The second kappa shape index (κ2) is 5.76. The van der Waals surface area contributed by atoms with Gasteiger partial charge in [0.15, 0.2) is 0 Å². The number of carbonyl (C=O) groups is 2. The summed E-state index contributed by atoms with van der Waals surface area (Å²) in [4.78, 5) is 24.1. The first kappa shape index (κ1) is 12.9. The number of rotatable bonds is 3. The van der Waals surface area contributed by atoms with Crippen molar-refractivity contribution in [3.8, 4) is 0 Å². The molecule has 16 heavy (non-hydrogen) atoms. The van der Waals surface area contributed by atoms with Crippen LogP contribution in [0.2, 0.25) is 0 Å². The van der Waals surface area contributed by atoms with E-state index >= 15 is 0 Å². The summed E-state index contributed by atoms with van der Waals surface area (Å²) in [5, 5.41) is 2.02. The van der Waals surface area contributed by atoms with E-state index in [9.17, 15) is 9.59 Å². The van der Waals surface area contributed by atoms with E-state index in [0.29, 0.717) is 4.99 Å². The Balaban J connectivity index is 2.52. The Hall–Kier alpha value is -1.21. The Bertz CT molecular complexity index is 308. The molecule has 7 heteroatoms. The number of carbonyl (C=O) groups excluding carboxylic acids is 2. The Kier molecular flexibility index (Phi) is 4.63. The predicted molar refractivity (Wildman–Crippen MR) is 63.7 cm³/mol. The number of nitrogens with zero attached hydrogens (tertiary/aromatic N) is 1. The van der Waals surface area contributed by atoms with Crippen LogP contribution in [0.3, 0.4) is 0 Å². The van der Waals surface area contributed by atoms with Crippen molar-refractivity contribution in [3.05, 3.63) is 0 Å². The Labute approximate surface area is 99.3 Å². The lowest BCUT2D eigenvalue weighted by atomic mass is 10.0. The molecule has 0 aromatic carbocycles. The fraction of sp³-hybridized carbons (Fsp3) is 0.667. The van der Waals surface area contributed by atoms with Crippen LogP contribution in [-0.2, 0) is 4.79 Å². The van der Waals surface area contributed by atoms with Gasteiger partial charge in [-0.2, -0.15) is 0 Å².